The Morgan fingerprint density at radius 3 is 2.37 bits per heavy atom. The Labute approximate surface area is 206 Å². The standard InChI is InChI=1S/C22H30ClF2N3O7/c1-10(2)17(29)26-16-13(24)8-28(21(32)27-16)18-14(25)15(34-19(30)11(3)4)22(9-23,35-18)7-12(5)20(31)33-6/h8,10-12,14-15,18H,7,9H2,1-6H3,(H,26,27,29,32)/t12?,14-,15-,18+,22-/m0/s1. The summed E-state index contributed by atoms with van der Waals surface area (Å²) < 4.78 is 46.9. The molecule has 196 valence electrons. The quantitative estimate of drug-likeness (QED) is 0.388. The van der Waals surface area contributed by atoms with Gasteiger partial charge >= 0.3 is 17.6 Å². The zero-order chi connectivity index (χ0) is 26.7. The third-order valence-corrected chi connectivity index (χ3v) is 6.03. The number of carbonyl (C=O) groups is 3. The molecule has 0 spiro atoms. The topological polar surface area (TPSA) is 126 Å². The molecule has 5 atom stereocenters. The molecule has 0 bridgehead atoms. The molecule has 1 N–H and O–H groups in total. The number of halogens is 3. The predicted octanol–water partition coefficient (Wildman–Crippen LogP) is 2.59. The van der Waals surface area contributed by atoms with Crippen molar-refractivity contribution >= 4 is 35.3 Å². The van der Waals surface area contributed by atoms with E-state index in [1.807, 2.05) is 0 Å². The van der Waals surface area contributed by atoms with Crippen LogP contribution in [0.1, 0.15) is 47.3 Å². The van der Waals surface area contributed by atoms with E-state index in [4.69, 9.17) is 25.8 Å². The molecule has 1 amide bonds. The summed E-state index contributed by atoms with van der Waals surface area (Å²) in [6.07, 6.45) is -5.16. The number of aromatic nitrogens is 2. The minimum Gasteiger partial charge on any atom is -0.469 e. The molecule has 0 saturated carbocycles. The van der Waals surface area contributed by atoms with Gasteiger partial charge in [-0.15, -0.1) is 11.6 Å². The van der Waals surface area contributed by atoms with Gasteiger partial charge in [-0.25, -0.2) is 13.6 Å². The van der Waals surface area contributed by atoms with Gasteiger partial charge in [0.15, 0.2) is 30.1 Å². The zero-order valence-corrected chi connectivity index (χ0v) is 21.1. The number of rotatable bonds is 9. The molecule has 1 aliphatic heterocycles. The fourth-order valence-corrected chi connectivity index (χ4v) is 3.89. The van der Waals surface area contributed by atoms with Crippen LogP contribution in [0.25, 0.3) is 0 Å². The van der Waals surface area contributed by atoms with E-state index >= 15 is 4.39 Å². The molecule has 0 aromatic carbocycles. The molecule has 0 radical (unpaired) electrons. The highest BCUT2D eigenvalue weighted by Crippen LogP contribution is 2.45. The van der Waals surface area contributed by atoms with Crippen LogP contribution < -0.4 is 11.0 Å². The van der Waals surface area contributed by atoms with Gasteiger partial charge in [0, 0.05) is 5.92 Å². The molecule has 1 fully saturated rings. The lowest BCUT2D eigenvalue weighted by Crippen LogP contribution is -2.49. The Balaban J connectivity index is 2.51. The minimum atomic E-state index is -2.17. The number of nitrogens with zero attached hydrogens (tertiary/aromatic N) is 2. The first kappa shape index (κ1) is 28.6. The van der Waals surface area contributed by atoms with Gasteiger partial charge in [-0.05, 0) is 6.42 Å². The summed E-state index contributed by atoms with van der Waals surface area (Å²) in [6, 6.07) is 0. The summed E-state index contributed by atoms with van der Waals surface area (Å²) in [6.45, 7) is 7.69. The number of esters is 2. The average Bonchev–Trinajstić information content (AvgIpc) is 3.06. The first-order chi connectivity index (χ1) is 16.3. The Morgan fingerprint density at radius 1 is 1.23 bits per heavy atom. The van der Waals surface area contributed by atoms with Gasteiger partial charge in [0.05, 0.1) is 31.0 Å². The largest absolute Gasteiger partial charge is 0.469 e. The summed E-state index contributed by atoms with van der Waals surface area (Å²) in [5, 5.41) is 2.18. The monoisotopic (exact) mass is 521 g/mol. The number of alkyl halides is 2. The second-order valence-corrected chi connectivity index (χ2v) is 9.33. The van der Waals surface area contributed by atoms with Gasteiger partial charge in [-0.2, -0.15) is 4.98 Å². The van der Waals surface area contributed by atoms with Crippen LogP contribution in [0, 0.1) is 23.6 Å². The van der Waals surface area contributed by atoms with Crippen molar-refractivity contribution in [1.82, 2.24) is 9.55 Å². The van der Waals surface area contributed by atoms with E-state index in [1.54, 1.807) is 13.8 Å². The van der Waals surface area contributed by atoms with E-state index in [0.717, 1.165) is 0 Å². The van der Waals surface area contributed by atoms with E-state index in [-0.39, 0.29) is 6.42 Å². The highest BCUT2D eigenvalue weighted by atomic mass is 35.5. The maximum absolute atomic E-state index is 15.7. The summed E-state index contributed by atoms with van der Waals surface area (Å²) in [5.41, 5.74) is -2.87. The molecule has 13 heteroatoms. The van der Waals surface area contributed by atoms with Crippen LogP contribution in [0.5, 0.6) is 0 Å². The zero-order valence-electron chi connectivity index (χ0n) is 20.3. The van der Waals surface area contributed by atoms with E-state index in [2.05, 4.69) is 10.3 Å². The number of hydrogen-bond acceptors (Lipinski definition) is 8. The van der Waals surface area contributed by atoms with Crippen molar-refractivity contribution in [3.05, 3.63) is 22.5 Å². The van der Waals surface area contributed by atoms with Crippen LogP contribution in [-0.4, -0.2) is 58.3 Å². The number of amides is 1. The van der Waals surface area contributed by atoms with Gasteiger partial charge in [0.25, 0.3) is 0 Å². The molecular formula is C22H30ClF2N3O7. The van der Waals surface area contributed by atoms with Crippen molar-refractivity contribution in [2.45, 2.75) is 65.1 Å². The second kappa shape index (κ2) is 11.4. The average molecular weight is 522 g/mol. The Morgan fingerprint density at radius 2 is 1.86 bits per heavy atom. The van der Waals surface area contributed by atoms with Crippen molar-refractivity contribution in [1.29, 1.82) is 0 Å². The van der Waals surface area contributed by atoms with Crippen molar-refractivity contribution < 1.29 is 37.4 Å². The highest BCUT2D eigenvalue weighted by Gasteiger charge is 2.59. The lowest BCUT2D eigenvalue weighted by Gasteiger charge is -2.34. The van der Waals surface area contributed by atoms with Crippen molar-refractivity contribution in [2.75, 3.05) is 18.3 Å². The molecule has 1 aliphatic rings. The summed E-state index contributed by atoms with van der Waals surface area (Å²) in [4.78, 5) is 52.4. The normalized spacial score (nSPS) is 24.9. The molecular weight excluding hydrogens is 492 g/mol. The van der Waals surface area contributed by atoms with Gasteiger partial charge in [-0.1, -0.05) is 34.6 Å². The minimum absolute atomic E-state index is 0.219. The van der Waals surface area contributed by atoms with E-state index < -0.39 is 82.9 Å². The molecule has 1 unspecified atom stereocenters. The summed E-state index contributed by atoms with van der Waals surface area (Å²) in [5.74, 6) is -6.11. The first-order valence-corrected chi connectivity index (χ1v) is 11.6. The van der Waals surface area contributed by atoms with Crippen molar-refractivity contribution in [2.24, 2.45) is 17.8 Å². The lowest BCUT2D eigenvalue weighted by atomic mass is 9.87. The smallest absolute Gasteiger partial charge is 0.351 e. The maximum Gasteiger partial charge on any atom is 0.351 e. The number of methoxy groups -OCH3 is 1. The maximum atomic E-state index is 15.7. The number of anilines is 1. The van der Waals surface area contributed by atoms with Crippen molar-refractivity contribution in [3.8, 4) is 0 Å². The Hall–Kier alpha value is -2.60. The SMILES string of the molecule is COC(=O)C(C)C[C@@]1(CCl)O[C@@H](n2cc(F)c(NC(=O)C(C)C)nc2=O)[C@@H](F)[C@@H]1OC(=O)C(C)C. The number of carbonyl (C=O) groups excluding carboxylic acids is 3. The van der Waals surface area contributed by atoms with Crippen molar-refractivity contribution in [3.63, 3.8) is 0 Å². The number of nitrogens with one attached hydrogen (secondary N) is 1. The van der Waals surface area contributed by atoms with Crippen LogP contribution in [-0.2, 0) is 28.6 Å². The molecule has 1 saturated heterocycles. The molecule has 1 aromatic heterocycles. The van der Waals surface area contributed by atoms with Gasteiger partial charge in [-0.3, -0.25) is 19.0 Å². The molecule has 1 aromatic rings. The second-order valence-electron chi connectivity index (χ2n) is 9.06. The third kappa shape index (κ3) is 6.16. The highest BCUT2D eigenvalue weighted by molar-refractivity contribution is 6.18. The number of ether oxygens (including phenoxy) is 3. The first-order valence-electron chi connectivity index (χ1n) is 11.0. The van der Waals surface area contributed by atoms with Crippen LogP contribution in [0.2, 0.25) is 0 Å². The van der Waals surface area contributed by atoms with Crippen LogP contribution in [0.3, 0.4) is 0 Å². The molecule has 2 rings (SSSR count). The van der Waals surface area contributed by atoms with E-state index in [0.29, 0.717) is 10.8 Å². The Bertz CT molecular complexity index is 1020. The number of hydrogen-bond donors (Lipinski definition) is 1. The fraction of sp³-hybridized carbons (Fsp3) is 0.682. The predicted molar refractivity (Wildman–Crippen MR) is 121 cm³/mol. The molecule has 10 nitrogen and oxygen atoms in total. The molecule has 0 aliphatic carbocycles. The van der Waals surface area contributed by atoms with Crippen LogP contribution in [0.15, 0.2) is 11.0 Å². The fourth-order valence-electron chi connectivity index (χ4n) is 3.56. The molecule has 35 heavy (non-hydrogen) atoms. The Kier molecular flexibility index (Phi) is 9.35. The van der Waals surface area contributed by atoms with E-state index in [1.165, 1.54) is 27.9 Å². The van der Waals surface area contributed by atoms with E-state index in [9.17, 15) is 23.6 Å². The van der Waals surface area contributed by atoms with Gasteiger partial charge in [0.2, 0.25) is 5.91 Å². The summed E-state index contributed by atoms with van der Waals surface area (Å²) in [7, 11) is 1.17. The van der Waals surface area contributed by atoms with Gasteiger partial charge in [0.1, 0.15) is 5.60 Å². The van der Waals surface area contributed by atoms with Crippen LogP contribution >= 0.6 is 11.6 Å². The molecule has 2 heterocycles. The van der Waals surface area contributed by atoms with Crippen LogP contribution in [0.4, 0.5) is 14.6 Å². The third-order valence-electron chi connectivity index (χ3n) is 5.58. The lowest BCUT2D eigenvalue weighted by molar-refractivity contribution is -0.168. The van der Waals surface area contributed by atoms with Gasteiger partial charge < -0.3 is 19.5 Å². The summed E-state index contributed by atoms with van der Waals surface area (Å²) >= 11 is 6.16.